The number of benzene rings is 2. The van der Waals surface area contributed by atoms with Gasteiger partial charge >= 0.3 is 0 Å². The number of rotatable bonds is 7. The summed E-state index contributed by atoms with van der Waals surface area (Å²) in [6, 6.07) is 18.7. The van der Waals surface area contributed by atoms with Crippen LogP contribution in [0.4, 0.5) is 16.2 Å². The number of aromatic nitrogens is 2. The van der Waals surface area contributed by atoms with E-state index in [0.29, 0.717) is 23.9 Å². The van der Waals surface area contributed by atoms with E-state index in [2.05, 4.69) is 29.0 Å². The Bertz CT molecular complexity index is 848. The van der Waals surface area contributed by atoms with Crippen molar-refractivity contribution in [3.05, 3.63) is 72.0 Å². The fourth-order valence-corrected chi connectivity index (χ4v) is 2.76. The Morgan fingerprint density at radius 1 is 0.923 bits per heavy atom. The molecule has 134 valence electrons. The molecule has 3 aromatic rings. The first-order chi connectivity index (χ1) is 12.7. The van der Waals surface area contributed by atoms with Gasteiger partial charge < -0.3 is 10.2 Å². The van der Waals surface area contributed by atoms with Gasteiger partial charge in [0.05, 0.1) is 5.69 Å². The lowest BCUT2D eigenvalue weighted by atomic mass is 10.1. The van der Waals surface area contributed by atoms with Crippen LogP contribution in [-0.4, -0.2) is 23.1 Å². The first-order valence-corrected chi connectivity index (χ1v) is 8.88. The molecule has 0 saturated heterocycles. The molecule has 1 aromatic heterocycles. The third-order valence-electron chi connectivity index (χ3n) is 4.25. The van der Waals surface area contributed by atoms with Crippen LogP contribution in [0.25, 0.3) is 11.3 Å². The molecular formula is C21H23FN4. The Balaban J connectivity index is 1.93. The summed E-state index contributed by atoms with van der Waals surface area (Å²) in [4.78, 5) is 11.4. The number of anilines is 2. The number of halogens is 1. The van der Waals surface area contributed by atoms with Crippen molar-refractivity contribution in [1.29, 1.82) is 0 Å². The Hall–Kier alpha value is -2.95. The summed E-state index contributed by atoms with van der Waals surface area (Å²) in [6.45, 7) is 6.17. The molecule has 1 heterocycles. The van der Waals surface area contributed by atoms with Crippen LogP contribution in [0.3, 0.4) is 0 Å². The maximum Gasteiger partial charge on any atom is 0.227 e. The van der Waals surface area contributed by atoms with Gasteiger partial charge in [-0.25, -0.2) is 9.37 Å². The molecule has 1 N–H and O–H groups in total. The zero-order valence-corrected chi connectivity index (χ0v) is 15.1. The molecule has 26 heavy (non-hydrogen) atoms. The van der Waals surface area contributed by atoms with Gasteiger partial charge in [0.2, 0.25) is 5.95 Å². The van der Waals surface area contributed by atoms with E-state index in [0.717, 1.165) is 24.3 Å². The molecule has 0 aliphatic heterocycles. The van der Waals surface area contributed by atoms with Crippen LogP contribution in [0.1, 0.15) is 19.4 Å². The van der Waals surface area contributed by atoms with Gasteiger partial charge in [0.15, 0.2) is 0 Å². The van der Waals surface area contributed by atoms with Crippen molar-refractivity contribution in [2.45, 2.75) is 20.4 Å². The fourth-order valence-electron chi connectivity index (χ4n) is 2.76. The molecule has 0 atom stereocenters. The molecule has 4 nitrogen and oxygen atoms in total. The van der Waals surface area contributed by atoms with Crippen molar-refractivity contribution in [2.24, 2.45) is 0 Å². The summed E-state index contributed by atoms with van der Waals surface area (Å²) < 4.78 is 13.9. The molecule has 0 amide bonds. The average molecular weight is 350 g/mol. The zero-order chi connectivity index (χ0) is 18.4. The largest absolute Gasteiger partial charge is 0.366 e. The van der Waals surface area contributed by atoms with Crippen molar-refractivity contribution in [1.82, 2.24) is 9.97 Å². The van der Waals surface area contributed by atoms with E-state index < -0.39 is 0 Å². The Morgan fingerprint density at radius 2 is 1.62 bits per heavy atom. The standard InChI is InChI=1S/C21H23FN4/c1-3-26(4-2)21-24-19(16-10-6-5-7-11-16)14-20(25-21)23-15-17-12-8-9-13-18(17)22/h5-14H,3-4,15H2,1-2H3,(H,23,24,25). The highest BCUT2D eigenvalue weighted by molar-refractivity contribution is 5.64. The van der Waals surface area contributed by atoms with Gasteiger partial charge in [0, 0.05) is 36.8 Å². The second-order valence-corrected chi connectivity index (χ2v) is 5.92. The van der Waals surface area contributed by atoms with Gasteiger partial charge in [-0.15, -0.1) is 0 Å². The molecule has 0 radical (unpaired) electrons. The van der Waals surface area contributed by atoms with Gasteiger partial charge in [0.25, 0.3) is 0 Å². The van der Waals surface area contributed by atoms with E-state index >= 15 is 0 Å². The monoisotopic (exact) mass is 350 g/mol. The Labute approximate surface area is 153 Å². The molecule has 0 aliphatic rings. The van der Waals surface area contributed by atoms with Crippen LogP contribution in [0, 0.1) is 5.82 Å². The summed E-state index contributed by atoms with van der Waals surface area (Å²) in [7, 11) is 0. The van der Waals surface area contributed by atoms with Gasteiger partial charge in [0.1, 0.15) is 11.6 Å². The zero-order valence-electron chi connectivity index (χ0n) is 15.1. The minimum Gasteiger partial charge on any atom is -0.366 e. The third kappa shape index (κ3) is 4.17. The quantitative estimate of drug-likeness (QED) is 0.668. The highest BCUT2D eigenvalue weighted by Gasteiger charge is 2.11. The number of hydrogen-bond acceptors (Lipinski definition) is 4. The first kappa shape index (κ1) is 17.9. The summed E-state index contributed by atoms with van der Waals surface area (Å²) in [6.07, 6.45) is 0. The maximum absolute atomic E-state index is 13.9. The molecular weight excluding hydrogens is 327 g/mol. The van der Waals surface area contributed by atoms with Crippen LogP contribution < -0.4 is 10.2 Å². The van der Waals surface area contributed by atoms with Crippen molar-refractivity contribution in [2.75, 3.05) is 23.3 Å². The lowest BCUT2D eigenvalue weighted by Gasteiger charge is -2.20. The van der Waals surface area contributed by atoms with Crippen LogP contribution >= 0.6 is 0 Å². The predicted octanol–water partition coefficient (Wildman–Crippen LogP) is 4.74. The van der Waals surface area contributed by atoms with Crippen LogP contribution in [-0.2, 0) is 6.54 Å². The van der Waals surface area contributed by atoms with Crippen molar-refractivity contribution in [3.63, 3.8) is 0 Å². The number of nitrogens with zero attached hydrogens (tertiary/aromatic N) is 3. The predicted molar refractivity (Wildman–Crippen MR) is 105 cm³/mol. The second-order valence-electron chi connectivity index (χ2n) is 5.92. The van der Waals surface area contributed by atoms with Crippen LogP contribution in [0.5, 0.6) is 0 Å². The topological polar surface area (TPSA) is 41.1 Å². The molecule has 3 rings (SSSR count). The van der Waals surface area contributed by atoms with E-state index in [1.54, 1.807) is 12.1 Å². The third-order valence-corrected chi connectivity index (χ3v) is 4.25. The highest BCUT2D eigenvalue weighted by atomic mass is 19.1. The summed E-state index contributed by atoms with van der Waals surface area (Å²) in [5.74, 6) is 1.14. The Morgan fingerprint density at radius 3 is 2.31 bits per heavy atom. The van der Waals surface area contributed by atoms with Gasteiger partial charge in [-0.1, -0.05) is 48.5 Å². The minimum absolute atomic E-state index is 0.221. The molecule has 0 aliphatic carbocycles. The molecule has 0 spiro atoms. The highest BCUT2D eigenvalue weighted by Crippen LogP contribution is 2.23. The second kappa shape index (κ2) is 8.43. The molecule has 0 bridgehead atoms. The summed E-state index contributed by atoms with van der Waals surface area (Å²) in [5, 5.41) is 3.24. The smallest absolute Gasteiger partial charge is 0.227 e. The van der Waals surface area contributed by atoms with Crippen molar-refractivity contribution < 1.29 is 4.39 Å². The van der Waals surface area contributed by atoms with E-state index in [4.69, 9.17) is 4.98 Å². The minimum atomic E-state index is -0.221. The van der Waals surface area contributed by atoms with Crippen molar-refractivity contribution >= 4 is 11.8 Å². The lowest BCUT2D eigenvalue weighted by molar-refractivity contribution is 0.613. The van der Waals surface area contributed by atoms with Gasteiger partial charge in [-0.2, -0.15) is 4.98 Å². The molecule has 5 heteroatoms. The van der Waals surface area contributed by atoms with E-state index in [1.165, 1.54) is 6.07 Å². The molecule has 0 fully saturated rings. The van der Waals surface area contributed by atoms with Crippen molar-refractivity contribution in [3.8, 4) is 11.3 Å². The lowest BCUT2D eigenvalue weighted by Crippen LogP contribution is -2.24. The maximum atomic E-state index is 13.9. The molecule has 0 unspecified atom stereocenters. The van der Waals surface area contributed by atoms with Gasteiger partial charge in [-0.3, -0.25) is 0 Å². The normalized spacial score (nSPS) is 10.6. The molecule has 2 aromatic carbocycles. The van der Waals surface area contributed by atoms with Gasteiger partial charge in [-0.05, 0) is 19.9 Å². The van der Waals surface area contributed by atoms with E-state index in [1.807, 2.05) is 42.5 Å². The SMILES string of the molecule is CCN(CC)c1nc(NCc2ccccc2F)cc(-c2ccccc2)n1. The Kier molecular flexibility index (Phi) is 5.79. The average Bonchev–Trinajstić information content (AvgIpc) is 2.69. The summed E-state index contributed by atoms with van der Waals surface area (Å²) in [5.41, 5.74) is 2.48. The summed E-state index contributed by atoms with van der Waals surface area (Å²) >= 11 is 0. The van der Waals surface area contributed by atoms with E-state index in [-0.39, 0.29) is 5.82 Å². The van der Waals surface area contributed by atoms with Crippen LogP contribution in [0.2, 0.25) is 0 Å². The number of hydrogen-bond donors (Lipinski definition) is 1. The number of nitrogens with one attached hydrogen (secondary N) is 1. The molecule has 0 saturated carbocycles. The first-order valence-electron chi connectivity index (χ1n) is 8.88. The van der Waals surface area contributed by atoms with Crippen LogP contribution in [0.15, 0.2) is 60.7 Å². The fraction of sp³-hybridized carbons (Fsp3) is 0.238. The van der Waals surface area contributed by atoms with E-state index in [9.17, 15) is 4.39 Å².